The highest BCUT2D eigenvalue weighted by Crippen LogP contribution is 2.09. The predicted octanol–water partition coefficient (Wildman–Crippen LogP) is 0.504. The van der Waals surface area contributed by atoms with E-state index in [-0.39, 0.29) is 17.9 Å². The zero-order valence-corrected chi connectivity index (χ0v) is 12.4. The molecule has 0 radical (unpaired) electrons. The highest BCUT2D eigenvalue weighted by molar-refractivity contribution is 7.86. The third-order valence-electron chi connectivity index (χ3n) is 1.89. The first kappa shape index (κ1) is 17.1. The van der Waals surface area contributed by atoms with Gasteiger partial charge in [-0.25, -0.2) is 8.98 Å². The Morgan fingerprint density at radius 3 is 2.17 bits per heavy atom. The summed E-state index contributed by atoms with van der Waals surface area (Å²) in [5.41, 5.74) is 0.193. The van der Waals surface area contributed by atoms with Crippen LogP contribution in [0.15, 0.2) is 12.2 Å². The van der Waals surface area contributed by atoms with Crippen LogP contribution in [0.25, 0.3) is 0 Å². The maximum atomic E-state index is 11.4. The van der Waals surface area contributed by atoms with Gasteiger partial charge in [-0.05, 0) is 13.8 Å². The lowest BCUT2D eigenvalue weighted by Gasteiger charge is -2.28. The first-order chi connectivity index (χ1) is 7.97. The molecule has 0 saturated heterocycles. The average Bonchev–Trinajstić information content (AvgIpc) is 2.13. The smallest absolute Gasteiger partial charge is 0.335 e. The second-order valence-electron chi connectivity index (χ2n) is 5.03. The number of esters is 1. The molecule has 0 aliphatic heterocycles. The van der Waals surface area contributed by atoms with Gasteiger partial charge in [-0.15, -0.1) is 0 Å². The Morgan fingerprint density at radius 2 is 1.83 bits per heavy atom. The lowest BCUT2D eigenvalue weighted by molar-refractivity contribution is -0.875. The molecule has 0 amide bonds. The Labute approximate surface area is 109 Å². The monoisotopic (exact) mass is 280 g/mol. The number of carbonyl (C=O) groups is 1. The molecule has 0 aromatic heterocycles. The van der Waals surface area contributed by atoms with Crippen molar-refractivity contribution in [3.63, 3.8) is 0 Å². The van der Waals surface area contributed by atoms with Crippen LogP contribution in [0, 0.1) is 0 Å². The van der Waals surface area contributed by atoms with Crippen molar-refractivity contribution >= 4 is 16.1 Å². The van der Waals surface area contributed by atoms with Crippen molar-refractivity contribution in [3.8, 4) is 0 Å². The van der Waals surface area contributed by atoms with Crippen molar-refractivity contribution in [2.24, 2.45) is 0 Å². The zero-order chi connectivity index (χ0) is 14.6. The normalized spacial score (nSPS) is 14.1. The van der Waals surface area contributed by atoms with Crippen LogP contribution in [0.3, 0.4) is 0 Å². The summed E-state index contributed by atoms with van der Waals surface area (Å²) in [7, 11) is 1.83. The molecule has 0 aliphatic rings. The SMILES string of the molecule is C=C(C)C(=O)OC(C[N+](C)(C)C)OS(=O)(=O)CC. The fraction of sp³-hybridized carbons (Fsp3) is 0.727. The van der Waals surface area contributed by atoms with Crippen LogP contribution in [-0.2, 0) is 23.8 Å². The molecule has 0 spiro atoms. The average molecular weight is 280 g/mol. The van der Waals surface area contributed by atoms with E-state index < -0.39 is 22.4 Å². The Bertz CT molecular complexity index is 408. The summed E-state index contributed by atoms with van der Waals surface area (Å²) in [5, 5.41) is 0. The molecular formula is C11H22NO5S+. The quantitative estimate of drug-likeness (QED) is 0.223. The van der Waals surface area contributed by atoms with Gasteiger partial charge in [0.1, 0.15) is 6.54 Å². The van der Waals surface area contributed by atoms with Crippen molar-refractivity contribution < 1.29 is 26.6 Å². The summed E-state index contributed by atoms with van der Waals surface area (Å²) in [4.78, 5) is 11.4. The van der Waals surface area contributed by atoms with E-state index in [1.54, 1.807) is 0 Å². The molecule has 1 atom stereocenters. The number of rotatable bonds is 7. The molecule has 1 unspecified atom stereocenters. The molecule has 0 fully saturated rings. The molecule has 0 saturated carbocycles. The minimum Gasteiger partial charge on any atom is -0.425 e. The van der Waals surface area contributed by atoms with Gasteiger partial charge in [0.25, 0.3) is 16.4 Å². The lowest BCUT2D eigenvalue weighted by Crippen LogP contribution is -2.45. The molecule has 0 heterocycles. The number of hydrogen-bond donors (Lipinski definition) is 0. The second-order valence-corrected chi connectivity index (χ2v) is 6.92. The summed E-state index contributed by atoms with van der Waals surface area (Å²) in [5.74, 6) is -0.842. The van der Waals surface area contributed by atoms with Gasteiger partial charge in [-0.1, -0.05) is 6.58 Å². The zero-order valence-electron chi connectivity index (χ0n) is 11.6. The topological polar surface area (TPSA) is 69.7 Å². The Morgan fingerprint density at radius 1 is 1.33 bits per heavy atom. The molecule has 0 aliphatic carbocycles. The Hall–Kier alpha value is -0.920. The maximum Gasteiger partial charge on any atom is 0.335 e. The molecule has 0 N–H and O–H groups in total. The molecule has 0 bridgehead atoms. The summed E-state index contributed by atoms with van der Waals surface area (Å²) < 4.78 is 33.0. The molecule has 0 rings (SSSR count). The van der Waals surface area contributed by atoms with Crippen LogP contribution >= 0.6 is 0 Å². The highest BCUT2D eigenvalue weighted by atomic mass is 32.2. The van der Waals surface area contributed by atoms with E-state index in [4.69, 9.17) is 8.92 Å². The van der Waals surface area contributed by atoms with Gasteiger partial charge in [0.15, 0.2) is 0 Å². The van der Waals surface area contributed by atoms with Crippen molar-refractivity contribution in [2.75, 3.05) is 33.4 Å². The van der Waals surface area contributed by atoms with E-state index in [0.717, 1.165) is 0 Å². The molecule has 6 nitrogen and oxygen atoms in total. The van der Waals surface area contributed by atoms with Crippen molar-refractivity contribution in [1.29, 1.82) is 0 Å². The van der Waals surface area contributed by atoms with Gasteiger partial charge in [0.05, 0.1) is 26.9 Å². The first-order valence-corrected chi connectivity index (χ1v) is 7.12. The number of nitrogens with zero attached hydrogens (tertiary/aromatic N) is 1. The first-order valence-electron chi connectivity index (χ1n) is 5.55. The van der Waals surface area contributed by atoms with E-state index in [0.29, 0.717) is 4.48 Å². The largest absolute Gasteiger partial charge is 0.425 e. The van der Waals surface area contributed by atoms with Crippen molar-refractivity contribution in [1.82, 2.24) is 0 Å². The van der Waals surface area contributed by atoms with Crippen LogP contribution in [0.1, 0.15) is 13.8 Å². The van der Waals surface area contributed by atoms with E-state index in [9.17, 15) is 13.2 Å². The van der Waals surface area contributed by atoms with Crippen LogP contribution in [0.2, 0.25) is 0 Å². The highest BCUT2D eigenvalue weighted by Gasteiger charge is 2.27. The van der Waals surface area contributed by atoms with Crippen molar-refractivity contribution in [3.05, 3.63) is 12.2 Å². The molecule has 0 aromatic carbocycles. The van der Waals surface area contributed by atoms with E-state index >= 15 is 0 Å². The van der Waals surface area contributed by atoms with Gasteiger partial charge in [0, 0.05) is 5.57 Å². The van der Waals surface area contributed by atoms with Gasteiger partial charge >= 0.3 is 5.97 Å². The van der Waals surface area contributed by atoms with Crippen LogP contribution in [0.5, 0.6) is 0 Å². The van der Waals surface area contributed by atoms with E-state index in [1.807, 2.05) is 21.1 Å². The standard InChI is InChI=1S/C11H22NO5S/c1-7-18(14,15)17-10(8-12(4,5)6)16-11(13)9(2)3/h10H,2,7-8H2,1,3-6H3/q+1. The maximum absolute atomic E-state index is 11.4. The van der Waals surface area contributed by atoms with Crippen LogP contribution < -0.4 is 0 Å². The number of likely N-dealkylation sites (N-methyl/N-ethyl adjacent to an activating group) is 1. The second kappa shape index (κ2) is 6.31. The van der Waals surface area contributed by atoms with Gasteiger partial charge in [-0.3, -0.25) is 0 Å². The third-order valence-corrected chi connectivity index (χ3v) is 3.11. The van der Waals surface area contributed by atoms with Crippen LogP contribution in [-0.4, -0.2) is 58.6 Å². The number of carbonyl (C=O) groups excluding carboxylic acids is 1. The Balaban J connectivity index is 4.84. The number of ether oxygens (including phenoxy) is 1. The molecule has 106 valence electrons. The van der Waals surface area contributed by atoms with Crippen molar-refractivity contribution in [2.45, 2.75) is 20.1 Å². The summed E-state index contributed by atoms with van der Waals surface area (Å²) >= 11 is 0. The minimum atomic E-state index is -3.68. The summed E-state index contributed by atoms with van der Waals surface area (Å²) in [6.45, 7) is 6.60. The summed E-state index contributed by atoms with van der Waals surface area (Å²) in [6.07, 6.45) is -1.14. The Kier molecular flexibility index (Phi) is 5.98. The third kappa shape index (κ3) is 7.41. The number of hydrogen-bond acceptors (Lipinski definition) is 5. The molecular weight excluding hydrogens is 258 g/mol. The number of quaternary nitrogens is 1. The van der Waals surface area contributed by atoms with Crippen LogP contribution in [0.4, 0.5) is 0 Å². The fourth-order valence-corrected chi connectivity index (χ4v) is 1.55. The predicted molar refractivity (Wildman–Crippen MR) is 68.1 cm³/mol. The van der Waals surface area contributed by atoms with Gasteiger partial charge in [0.2, 0.25) is 0 Å². The van der Waals surface area contributed by atoms with Gasteiger partial charge < -0.3 is 9.22 Å². The van der Waals surface area contributed by atoms with E-state index in [2.05, 4.69) is 6.58 Å². The van der Waals surface area contributed by atoms with Gasteiger partial charge in [-0.2, -0.15) is 8.42 Å². The fourth-order valence-electron chi connectivity index (χ4n) is 0.986. The van der Waals surface area contributed by atoms with E-state index in [1.165, 1.54) is 13.8 Å². The lowest BCUT2D eigenvalue weighted by atomic mass is 10.4. The molecule has 7 heteroatoms. The molecule has 18 heavy (non-hydrogen) atoms. The summed E-state index contributed by atoms with van der Waals surface area (Å²) in [6, 6.07) is 0. The molecule has 0 aromatic rings. The minimum absolute atomic E-state index is 0.175.